The van der Waals surface area contributed by atoms with Gasteiger partial charge in [-0.05, 0) is 33.3 Å². The van der Waals surface area contributed by atoms with E-state index in [2.05, 4.69) is 31.7 Å². The van der Waals surface area contributed by atoms with E-state index in [-0.39, 0.29) is 11.5 Å². The molecular formula is C20H24N6O2S. The van der Waals surface area contributed by atoms with Crippen molar-refractivity contribution >= 4 is 40.5 Å². The van der Waals surface area contributed by atoms with Crippen molar-refractivity contribution in [2.45, 2.75) is 39.5 Å². The van der Waals surface area contributed by atoms with Gasteiger partial charge in [0.25, 0.3) is 5.56 Å². The van der Waals surface area contributed by atoms with Crippen molar-refractivity contribution in [3.8, 4) is 0 Å². The average molecular weight is 413 g/mol. The third-order valence-corrected chi connectivity index (χ3v) is 5.77. The normalized spacial score (nSPS) is 10.9. The van der Waals surface area contributed by atoms with Crippen LogP contribution in [0.1, 0.15) is 29.4 Å². The van der Waals surface area contributed by atoms with Crippen molar-refractivity contribution in [1.82, 2.24) is 25.3 Å². The molecule has 3 aromatic rings. The second-order valence-corrected chi connectivity index (χ2v) is 7.93. The van der Waals surface area contributed by atoms with Gasteiger partial charge in [-0.1, -0.05) is 12.1 Å². The third-order valence-electron chi connectivity index (χ3n) is 4.56. The molecule has 0 unspecified atom stereocenters. The van der Waals surface area contributed by atoms with Crippen molar-refractivity contribution in [2.24, 2.45) is 0 Å². The molecule has 2 aromatic heterocycles. The number of hydrogen-bond donors (Lipinski definition) is 3. The SMILES string of the molecule is CC(=O)NCCSc1c(C)ccc2c(C)nc(Nc3nc(C)c(C)c(=O)[nH]3)nc12. The van der Waals surface area contributed by atoms with Crippen LogP contribution in [0.25, 0.3) is 10.9 Å². The fraction of sp³-hybridized carbons (Fsp3) is 0.350. The number of H-pyrrole nitrogens is 1. The molecule has 29 heavy (non-hydrogen) atoms. The second-order valence-electron chi connectivity index (χ2n) is 6.82. The number of aromatic amines is 1. The zero-order valence-electron chi connectivity index (χ0n) is 17.1. The summed E-state index contributed by atoms with van der Waals surface area (Å²) < 4.78 is 0. The summed E-state index contributed by atoms with van der Waals surface area (Å²) in [4.78, 5) is 40.4. The lowest BCUT2D eigenvalue weighted by molar-refractivity contribution is -0.118. The Morgan fingerprint density at radius 2 is 1.86 bits per heavy atom. The first-order valence-corrected chi connectivity index (χ1v) is 10.2. The topological polar surface area (TPSA) is 113 Å². The van der Waals surface area contributed by atoms with Crippen molar-refractivity contribution in [3.05, 3.63) is 45.0 Å². The van der Waals surface area contributed by atoms with E-state index in [0.29, 0.717) is 29.7 Å². The van der Waals surface area contributed by atoms with Crippen LogP contribution in [0.15, 0.2) is 21.8 Å². The highest BCUT2D eigenvalue weighted by atomic mass is 32.2. The molecule has 0 saturated heterocycles. The predicted octanol–water partition coefficient (Wildman–Crippen LogP) is 2.92. The quantitative estimate of drug-likeness (QED) is 0.421. The predicted molar refractivity (Wildman–Crippen MR) is 116 cm³/mol. The number of aromatic nitrogens is 4. The number of nitrogens with zero attached hydrogens (tertiary/aromatic N) is 3. The third kappa shape index (κ3) is 4.73. The van der Waals surface area contributed by atoms with Crippen LogP contribution in [0.5, 0.6) is 0 Å². The van der Waals surface area contributed by atoms with Gasteiger partial charge in [0.15, 0.2) is 0 Å². The van der Waals surface area contributed by atoms with Gasteiger partial charge in [0, 0.05) is 40.8 Å². The number of hydrogen-bond acceptors (Lipinski definition) is 7. The van der Waals surface area contributed by atoms with Crippen LogP contribution in [-0.4, -0.2) is 38.1 Å². The zero-order chi connectivity index (χ0) is 21.1. The number of anilines is 2. The minimum atomic E-state index is -0.192. The number of amides is 1. The van der Waals surface area contributed by atoms with Gasteiger partial charge in [0.1, 0.15) is 0 Å². The highest BCUT2D eigenvalue weighted by Gasteiger charge is 2.13. The van der Waals surface area contributed by atoms with Gasteiger partial charge in [-0.15, -0.1) is 11.8 Å². The van der Waals surface area contributed by atoms with Gasteiger partial charge in [0.2, 0.25) is 17.8 Å². The minimum Gasteiger partial charge on any atom is -0.356 e. The summed E-state index contributed by atoms with van der Waals surface area (Å²) in [6.07, 6.45) is 0. The molecule has 9 heteroatoms. The van der Waals surface area contributed by atoms with Crippen LogP contribution in [0.3, 0.4) is 0 Å². The van der Waals surface area contributed by atoms with Crippen LogP contribution >= 0.6 is 11.8 Å². The van der Waals surface area contributed by atoms with E-state index < -0.39 is 0 Å². The fourth-order valence-corrected chi connectivity index (χ4v) is 3.85. The lowest BCUT2D eigenvalue weighted by Crippen LogP contribution is -2.22. The van der Waals surface area contributed by atoms with Gasteiger partial charge in [-0.2, -0.15) is 0 Å². The fourth-order valence-electron chi connectivity index (χ4n) is 2.85. The molecule has 0 radical (unpaired) electrons. The van der Waals surface area contributed by atoms with Crippen LogP contribution in [0.4, 0.5) is 11.9 Å². The minimum absolute atomic E-state index is 0.0419. The van der Waals surface area contributed by atoms with Crippen LogP contribution < -0.4 is 16.2 Å². The van der Waals surface area contributed by atoms with Crippen molar-refractivity contribution < 1.29 is 4.79 Å². The summed E-state index contributed by atoms with van der Waals surface area (Å²) in [7, 11) is 0. The van der Waals surface area contributed by atoms with Crippen molar-refractivity contribution in [2.75, 3.05) is 17.6 Å². The molecule has 1 aromatic carbocycles. The number of carbonyl (C=O) groups is 1. The molecule has 8 nitrogen and oxygen atoms in total. The molecular weight excluding hydrogens is 388 g/mol. The molecule has 0 atom stereocenters. The van der Waals surface area contributed by atoms with Crippen molar-refractivity contribution in [3.63, 3.8) is 0 Å². The van der Waals surface area contributed by atoms with Gasteiger partial charge in [0.05, 0.1) is 11.2 Å². The maximum absolute atomic E-state index is 12.0. The summed E-state index contributed by atoms with van der Waals surface area (Å²) in [5.41, 5.74) is 3.81. The van der Waals surface area contributed by atoms with Crippen LogP contribution in [0, 0.1) is 27.7 Å². The Labute approximate surface area is 173 Å². The van der Waals surface area contributed by atoms with E-state index >= 15 is 0 Å². The summed E-state index contributed by atoms with van der Waals surface area (Å²) in [6, 6.07) is 4.06. The molecule has 0 aliphatic rings. The lowest BCUT2D eigenvalue weighted by atomic mass is 10.1. The zero-order valence-corrected chi connectivity index (χ0v) is 18.0. The molecule has 0 saturated carbocycles. The first-order chi connectivity index (χ1) is 13.8. The number of carbonyl (C=O) groups excluding carboxylic acids is 1. The molecule has 2 heterocycles. The van der Waals surface area contributed by atoms with E-state index in [1.807, 2.05) is 19.9 Å². The summed E-state index contributed by atoms with van der Waals surface area (Å²) in [5.74, 6) is 1.37. The van der Waals surface area contributed by atoms with Gasteiger partial charge < -0.3 is 5.32 Å². The Hall–Kier alpha value is -2.94. The maximum atomic E-state index is 12.0. The molecule has 3 rings (SSSR count). The van der Waals surface area contributed by atoms with E-state index in [0.717, 1.165) is 32.8 Å². The van der Waals surface area contributed by atoms with E-state index in [9.17, 15) is 9.59 Å². The monoisotopic (exact) mass is 412 g/mol. The Bertz CT molecular complexity index is 1140. The van der Waals surface area contributed by atoms with Crippen LogP contribution in [0.2, 0.25) is 0 Å². The average Bonchev–Trinajstić information content (AvgIpc) is 2.64. The lowest BCUT2D eigenvalue weighted by Gasteiger charge is -2.13. The van der Waals surface area contributed by atoms with E-state index in [4.69, 9.17) is 4.98 Å². The Morgan fingerprint density at radius 1 is 1.10 bits per heavy atom. The Balaban J connectivity index is 1.97. The molecule has 1 amide bonds. The largest absolute Gasteiger partial charge is 0.356 e. The molecule has 152 valence electrons. The summed E-state index contributed by atoms with van der Waals surface area (Å²) in [5, 5.41) is 6.79. The maximum Gasteiger partial charge on any atom is 0.255 e. The van der Waals surface area contributed by atoms with Crippen LogP contribution in [-0.2, 0) is 4.79 Å². The highest BCUT2D eigenvalue weighted by molar-refractivity contribution is 7.99. The molecule has 0 spiro atoms. The van der Waals surface area contributed by atoms with Crippen molar-refractivity contribution in [1.29, 1.82) is 0 Å². The molecule has 0 fully saturated rings. The number of fused-ring (bicyclic) bond motifs is 1. The molecule has 0 aliphatic heterocycles. The number of thioether (sulfide) groups is 1. The molecule has 3 N–H and O–H groups in total. The van der Waals surface area contributed by atoms with Gasteiger partial charge >= 0.3 is 0 Å². The van der Waals surface area contributed by atoms with E-state index in [1.165, 1.54) is 6.92 Å². The number of aryl methyl sites for hydroxylation is 3. The number of nitrogens with one attached hydrogen (secondary N) is 3. The van der Waals surface area contributed by atoms with E-state index in [1.54, 1.807) is 25.6 Å². The number of benzene rings is 1. The van der Waals surface area contributed by atoms with Gasteiger partial charge in [-0.3, -0.25) is 19.9 Å². The highest BCUT2D eigenvalue weighted by Crippen LogP contribution is 2.31. The number of rotatable bonds is 6. The smallest absolute Gasteiger partial charge is 0.255 e. The standard InChI is InChI=1S/C20H24N6O2S/c1-10-6-7-15-13(4)23-19(26-20-22-12(3)11(2)18(28)25-20)24-16(15)17(10)29-9-8-21-14(5)27/h6-7H,8-9H2,1-5H3,(H,21,27)(H2,22,23,24,25,26,28). The molecule has 0 aliphatic carbocycles. The Kier molecular flexibility index (Phi) is 6.17. The van der Waals surface area contributed by atoms with Gasteiger partial charge in [-0.25, -0.2) is 15.0 Å². The Morgan fingerprint density at radius 3 is 2.55 bits per heavy atom. The first kappa shape index (κ1) is 20.8. The second kappa shape index (κ2) is 8.60. The summed E-state index contributed by atoms with van der Waals surface area (Å²) >= 11 is 1.64. The molecule has 0 bridgehead atoms. The summed E-state index contributed by atoms with van der Waals surface area (Å²) in [6.45, 7) is 9.57. The first-order valence-electron chi connectivity index (χ1n) is 9.26.